The highest BCUT2D eigenvalue weighted by atomic mass is 32.1. The third-order valence-corrected chi connectivity index (χ3v) is 3.49. The molecule has 1 heterocycles. The zero-order valence-electron chi connectivity index (χ0n) is 11.3. The molecule has 2 rings (SSSR count). The molecule has 19 heavy (non-hydrogen) atoms. The molecule has 102 valence electrons. The maximum absolute atomic E-state index is 11.5. The molecule has 1 aromatic rings. The lowest BCUT2D eigenvalue weighted by Gasteiger charge is -2.37. The van der Waals surface area contributed by atoms with Crippen molar-refractivity contribution in [3.8, 4) is 5.75 Å². The molecule has 0 N–H and O–H groups in total. The van der Waals surface area contributed by atoms with E-state index < -0.39 is 0 Å². The summed E-state index contributed by atoms with van der Waals surface area (Å²) >= 11 is 5.46. The summed E-state index contributed by atoms with van der Waals surface area (Å²) in [5.74, 6) is 0.668. The lowest BCUT2D eigenvalue weighted by atomic mass is 10.0. The second-order valence-corrected chi connectivity index (χ2v) is 5.17. The first-order chi connectivity index (χ1) is 9.04. The van der Waals surface area contributed by atoms with E-state index in [9.17, 15) is 4.79 Å². The SMILES string of the molecule is COC(=O)CN1C(=S)C(C(C)C)Oc2ccccc21. The van der Waals surface area contributed by atoms with Gasteiger partial charge in [-0.3, -0.25) is 4.79 Å². The van der Waals surface area contributed by atoms with Gasteiger partial charge in [0.1, 0.15) is 17.3 Å². The van der Waals surface area contributed by atoms with Crippen LogP contribution in [-0.2, 0) is 9.53 Å². The zero-order valence-corrected chi connectivity index (χ0v) is 12.1. The summed E-state index contributed by atoms with van der Waals surface area (Å²) in [5.41, 5.74) is 0.815. The summed E-state index contributed by atoms with van der Waals surface area (Å²) in [6.07, 6.45) is -0.199. The van der Waals surface area contributed by atoms with Crippen LogP contribution in [0.5, 0.6) is 5.75 Å². The number of carbonyl (C=O) groups excluding carboxylic acids is 1. The van der Waals surface area contributed by atoms with Gasteiger partial charge in [0.25, 0.3) is 0 Å². The fraction of sp³-hybridized carbons (Fsp3) is 0.429. The van der Waals surface area contributed by atoms with Gasteiger partial charge in [0, 0.05) is 0 Å². The maximum Gasteiger partial charge on any atom is 0.325 e. The van der Waals surface area contributed by atoms with Crippen LogP contribution in [0.25, 0.3) is 0 Å². The summed E-state index contributed by atoms with van der Waals surface area (Å²) in [4.78, 5) is 14.0. The van der Waals surface area contributed by atoms with Gasteiger partial charge in [-0.15, -0.1) is 0 Å². The highest BCUT2D eigenvalue weighted by Crippen LogP contribution is 2.35. The van der Waals surface area contributed by atoms with Gasteiger partial charge >= 0.3 is 5.97 Å². The first-order valence-corrected chi connectivity index (χ1v) is 6.59. The van der Waals surface area contributed by atoms with Crippen LogP contribution in [0.2, 0.25) is 0 Å². The molecular weight excluding hydrogens is 262 g/mol. The highest BCUT2D eigenvalue weighted by Gasteiger charge is 2.33. The van der Waals surface area contributed by atoms with Crippen molar-refractivity contribution >= 4 is 28.9 Å². The number of benzene rings is 1. The Bertz CT molecular complexity index is 501. The van der Waals surface area contributed by atoms with Crippen LogP contribution in [0.3, 0.4) is 0 Å². The maximum atomic E-state index is 11.5. The van der Waals surface area contributed by atoms with Crippen molar-refractivity contribution in [3.05, 3.63) is 24.3 Å². The van der Waals surface area contributed by atoms with Gasteiger partial charge in [0.2, 0.25) is 0 Å². The number of ether oxygens (including phenoxy) is 2. The van der Waals surface area contributed by atoms with Crippen molar-refractivity contribution < 1.29 is 14.3 Å². The summed E-state index contributed by atoms with van der Waals surface area (Å²) in [5, 5.41) is 0. The number of nitrogens with zero attached hydrogens (tertiary/aromatic N) is 1. The van der Waals surface area contributed by atoms with E-state index in [1.807, 2.05) is 38.1 Å². The van der Waals surface area contributed by atoms with Gasteiger partial charge in [-0.1, -0.05) is 38.2 Å². The summed E-state index contributed by atoms with van der Waals surface area (Å²) in [6, 6.07) is 7.57. The molecule has 1 aromatic carbocycles. The topological polar surface area (TPSA) is 38.8 Å². The van der Waals surface area contributed by atoms with E-state index in [4.69, 9.17) is 21.7 Å². The van der Waals surface area contributed by atoms with E-state index in [2.05, 4.69) is 0 Å². The number of carbonyl (C=O) groups is 1. The number of fused-ring (bicyclic) bond motifs is 1. The normalized spacial score (nSPS) is 18.0. The Hall–Kier alpha value is -1.62. The molecule has 0 amide bonds. The van der Waals surface area contributed by atoms with Crippen LogP contribution in [-0.4, -0.2) is 30.7 Å². The summed E-state index contributed by atoms with van der Waals surface area (Å²) < 4.78 is 10.6. The zero-order chi connectivity index (χ0) is 14.0. The predicted octanol–water partition coefficient (Wildman–Crippen LogP) is 2.41. The van der Waals surface area contributed by atoms with Gasteiger partial charge in [0.05, 0.1) is 12.8 Å². The Morgan fingerprint density at radius 2 is 2.16 bits per heavy atom. The molecule has 1 unspecified atom stereocenters. The number of thiocarbonyl (C=S) groups is 1. The molecule has 0 fully saturated rings. The lowest BCUT2D eigenvalue weighted by molar-refractivity contribution is -0.138. The van der Waals surface area contributed by atoms with Crippen LogP contribution in [0.4, 0.5) is 5.69 Å². The van der Waals surface area contributed by atoms with Crippen molar-refractivity contribution in [1.82, 2.24) is 0 Å². The predicted molar refractivity (Wildman–Crippen MR) is 77.7 cm³/mol. The van der Waals surface area contributed by atoms with Crippen LogP contribution in [0, 0.1) is 5.92 Å². The Balaban J connectivity index is 2.38. The molecule has 1 aliphatic heterocycles. The van der Waals surface area contributed by atoms with Crippen molar-refractivity contribution in [1.29, 1.82) is 0 Å². The fourth-order valence-electron chi connectivity index (χ4n) is 2.02. The number of esters is 1. The Morgan fingerprint density at radius 1 is 1.47 bits per heavy atom. The number of methoxy groups -OCH3 is 1. The standard InChI is InChI=1S/C14H17NO3S/c1-9(2)13-14(19)15(8-12(16)17-3)10-6-4-5-7-11(10)18-13/h4-7,9,13H,8H2,1-3H3. The second-order valence-electron chi connectivity index (χ2n) is 4.75. The molecule has 0 aliphatic carbocycles. The lowest BCUT2D eigenvalue weighted by Crippen LogP contribution is -2.49. The third kappa shape index (κ3) is 2.71. The molecule has 1 atom stereocenters. The summed E-state index contributed by atoms with van der Waals surface area (Å²) in [6.45, 7) is 4.20. The Morgan fingerprint density at radius 3 is 2.79 bits per heavy atom. The van der Waals surface area contributed by atoms with Gasteiger partial charge in [-0.05, 0) is 18.1 Å². The van der Waals surface area contributed by atoms with E-state index in [0.29, 0.717) is 4.99 Å². The summed E-state index contributed by atoms with van der Waals surface area (Å²) in [7, 11) is 1.37. The van der Waals surface area contributed by atoms with Crippen LogP contribution >= 0.6 is 12.2 Å². The average molecular weight is 279 g/mol. The molecule has 0 saturated carbocycles. The van der Waals surface area contributed by atoms with Gasteiger partial charge in [-0.2, -0.15) is 0 Å². The van der Waals surface area contributed by atoms with Crippen molar-refractivity contribution in [3.63, 3.8) is 0 Å². The number of rotatable bonds is 3. The molecule has 4 nitrogen and oxygen atoms in total. The number of para-hydroxylation sites is 2. The van der Waals surface area contributed by atoms with E-state index >= 15 is 0 Å². The third-order valence-electron chi connectivity index (χ3n) is 3.04. The largest absolute Gasteiger partial charge is 0.481 e. The van der Waals surface area contributed by atoms with Crippen LogP contribution < -0.4 is 9.64 Å². The highest BCUT2D eigenvalue weighted by molar-refractivity contribution is 7.80. The molecular formula is C14H17NO3S. The first kappa shape index (κ1) is 13.8. The van der Waals surface area contributed by atoms with E-state index in [1.165, 1.54) is 7.11 Å². The van der Waals surface area contributed by atoms with E-state index in [-0.39, 0.29) is 24.5 Å². The van der Waals surface area contributed by atoms with Gasteiger partial charge in [-0.25, -0.2) is 0 Å². The molecule has 1 aliphatic rings. The fourth-order valence-corrected chi connectivity index (χ4v) is 2.50. The minimum atomic E-state index is -0.318. The van der Waals surface area contributed by atoms with Gasteiger partial charge in [0.15, 0.2) is 6.10 Å². The second kappa shape index (κ2) is 5.57. The van der Waals surface area contributed by atoms with E-state index in [0.717, 1.165) is 11.4 Å². The number of hydrogen-bond donors (Lipinski definition) is 0. The van der Waals surface area contributed by atoms with Crippen LogP contribution in [0.15, 0.2) is 24.3 Å². The monoisotopic (exact) mass is 279 g/mol. The smallest absolute Gasteiger partial charge is 0.325 e. The molecule has 0 spiro atoms. The average Bonchev–Trinajstić information content (AvgIpc) is 2.41. The van der Waals surface area contributed by atoms with Crippen LogP contribution in [0.1, 0.15) is 13.8 Å². The van der Waals surface area contributed by atoms with Crippen molar-refractivity contribution in [2.45, 2.75) is 20.0 Å². The van der Waals surface area contributed by atoms with Gasteiger partial charge < -0.3 is 14.4 Å². The number of hydrogen-bond acceptors (Lipinski definition) is 4. The van der Waals surface area contributed by atoms with Crippen molar-refractivity contribution in [2.24, 2.45) is 5.92 Å². The minimum Gasteiger partial charge on any atom is -0.481 e. The quantitative estimate of drug-likeness (QED) is 0.627. The molecule has 5 heteroatoms. The Labute approximate surface area is 118 Å². The van der Waals surface area contributed by atoms with E-state index in [1.54, 1.807) is 4.90 Å². The molecule has 0 saturated heterocycles. The van der Waals surface area contributed by atoms with Crippen molar-refractivity contribution in [2.75, 3.05) is 18.6 Å². The Kier molecular flexibility index (Phi) is 4.04. The molecule has 0 aromatic heterocycles. The number of anilines is 1. The molecule has 0 bridgehead atoms. The first-order valence-electron chi connectivity index (χ1n) is 6.18. The minimum absolute atomic E-state index is 0.110. The molecule has 0 radical (unpaired) electrons.